The van der Waals surface area contributed by atoms with Crippen molar-refractivity contribution in [2.75, 3.05) is 24.1 Å². The maximum atomic E-state index is 11.4. The van der Waals surface area contributed by atoms with E-state index in [0.29, 0.717) is 24.3 Å². The SMILES string of the molecule is CS(=O)(=O)Nc1cc(OC[C@H](O)CNC2CCC(c3ccc(-c4ccccc4)cc3)CC2)ccc1O. The molecule has 8 heteroatoms. The molecule has 4 N–H and O–H groups in total. The average Bonchev–Trinajstić information content (AvgIpc) is 2.88. The number of ether oxygens (including phenoxy) is 1. The summed E-state index contributed by atoms with van der Waals surface area (Å²) in [5.41, 5.74) is 3.89. The molecule has 36 heavy (non-hydrogen) atoms. The second-order valence-corrected chi connectivity index (χ2v) is 11.2. The van der Waals surface area contributed by atoms with Crippen molar-refractivity contribution in [2.45, 2.75) is 43.7 Å². The van der Waals surface area contributed by atoms with Crippen molar-refractivity contribution in [1.82, 2.24) is 5.32 Å². The van der Waals surface area contributed by atoms with Gasteiger partial charge in [-0.15, -0.1) is 0 Å². The van der Waals surface area contributed by atoms with Crippen LogP contribution in [0.3, 0.4) is 0 Å². The molecule has 0 heterocycles. The lowest BCUT2D eigenvalue weighted by atomic mass is 9.81. The monoisotopic (exact) mass is 510 g/mol. The molecule has 192 valence electrons. The number of nitrogens with one attached hydrogen (secondary N) is 2. The Bertz CT molecular complexity index is 1220. The van der Waals surface area contributed by atoms with E-state index in [9.17, 15) is 18.6 Å². The van der Waals surface area contributed by atoms with Gasteiger partial charge in [0.15, 0.2) is 0 Å². The highest BCUT2D eigenvalue weighted by Gasteiger charge is 2.23. The Labute approximate surface area is 213 Å². The second-order valence-electron chi connectivity index (χ2n) is 9.46. The Morgan fingerprint density at radius 1 is 0.944 bits per heavy atom. The van der Waals surface area contributed by atoms with Crippen LogP contribution in [0, 0.1) is 0 Å². The summed E-state index contributed by atoms with van der Waals surface area (Å²) in [6.07, 6.45) is 4.61. The minimum Gasteiger partial charge on any atom is -0.506 e. The van der Waals surface area contributed by atoms with Crippen molar-refractivity contribution < 1.29 is 23.4 Å². The van der Waals surface area contributed by atoms with Crippen molar-refractivity contribution in [3.05, 3.63) is 78.4 Å². The van der Waals surface area contributed by atoms with E-state index in [4.69, 9.17) is 4.74 Å². The molecular weight excluding hydrogens is 476 g/mol. The number of phenols is 1. The molecule has 4 rings (SSSR count). The normalized spacial score (nSPS) is 18.9. The minimum absolute atomic E-state index is 0.0362. The smallest absolute Gasteiger partial charge is 0.229 e. The first-order valence-electron chi connectivity index (χ1n) is 12.3. The van der Waals surface area contributed by atoms with Crippen LogP contribution in [0.1, 0.15) is 37.2 Å². The molecule has 0 aliphatic heterocycles. The van der Waals surface area contributed by atoms with Gasteiger partial charge < -0.3 is 20.3 Å². The zero-order valence-electron chi connectivity index (χ0n) is 20.4. The van der Waals surface area contributed by atoms with Gasteiger partial charge in [0, 0.05) is 18.7 Å². The molecule has 0 spiro atoms. The molecule has 0 saturated heterocycles. The number of aromatic hydroxyl groups is 1. The van der Waals surface area contributed by atoms with Crippen molar-refractivity contribution in [3.63, 3.8) is 0 Å². The lowest BCUT2D eigenvalue weighted by Crippen LogP contribution is -2.39. The third kappa shape index (κ3) is 7.46. The molecule has 0 radical (unpaired) electrons. The van der Waals surface area contributed by atoms with Gasteiger partial charge in [0.25, 0.3) is 0 Å². The van der Waals surface area contributed by atoms with Crippen molar-refractivity contribution in [2.24, 2.45) is 0 Å². The van der Waals surface area contributed by atoms with Gasteiger partial charge in [-0.05, 0) is 60.4 Å². The highest BCUT2D eigenvalue weighted by atomic mass is 32.2. The highest BCUT2D eigenvalue weighted by molar-refractivity contribution is 7.92. The first-order chi connectivity index (χ1) is 17.3. The third-order valence-electron chi connectivity index (χ3n) is 6.56. The molecule has 1 fully saturated rings. The van der Waals surface area contributed by atoms with E-state index in [1.165, 1.54) is 34.9 Å². The number of anilines is 1. The number of hydrogen-bond acceptors (Lipinski definition) is 6. The molecule has 0 unspecified atom stereocenters. The van der Waals surface area contributed by atoms with Gasteiger partial charge in [-0.25, -0.2) is 8.42 Å². The van der Waals surface area contributed by atoms with Gasteiger partial charge in [0.1, 0.15) is 24.2 Å². The Kier molecular flexibility index (Phi) is 8.51. The van der Waals surface area contributed by atoms with Crippen LogP contribution in [-0.2, 0) is 10.0 Å². The van der Waals surface area contributed by atoms with E-state index in [0.717, 1.165) is 31.9 Å². The van der Waals surface area contributed by atoms with Gasteiger partial charge in [0.2, 0.25) is 10.0 Å². The standard InChI is InChI=1S/C28H34N2O5S/c1-36(33,34)30-27-17-26(15-16-28(27)32)35-19-25(31)18-29-24-13-11-23(12-14-24)22-9-7-21(8-10-22)20-5-3-2-4-6-20/h2-10,15-17,23-25,29-32H,11-14,18-19H2,1H3/t23?,24?,25-/m1/s1. The fraction of sp³-hybridized carbons (Fsp3) is 0.357. The molecule has 1 aliphatic carbocycles. The molecule has 3 aromatic rings. The maximum absolute atomic E-state index is 11.4. The number of aliphatic hydroxyl groups is 1. The second kappa shape index (κ2) is 11.8. The number of hydrogen-bond donors (Lipinski definition) is 4. The van der Waals surface area contributed by atoms with Crippen LogP contribution in [0.25, 0.3) is 11.1 Å². The quantitative estimate of drug-likeness (QED) is 0.300. The van der Waals surface area contributed by atoms with Crippen LogP contribution >= 0.6 is 0 Å². The first-order valence-corrected chi connectivity index (χ1v) is 14.2. The van der Waals surface area contributed by atoms with Gasteiger partial charge in [-0.3, -0.25) is 4.72 Å². The predicted octanol–water partition coefficient (Wildman–Crippen LogP) is 4.49. The largest absolute Gasteiger partial charge is 0.506 e. The van der Waals surface area contributed by atoms with E-state index in [2.05, 4.69) is 58.6 Å². The Morgan fingerprint density at radius 3 is 2.28 bits per heavy atom. The number of aliphatic hydroxyl groups excluding tert-OH is 1. The molecule has 1 aliphatic rings. The summed E-state index contributed by atoms with van der Waals surface area (Å²) in [6, 6.07) is 24.0. The Morgan fingerprint density at radius 2 is 1.61 bits per heavy atom. The summed E-state index contributed by atoms with van der Waals surface area (Å²) in [4.78, 5) is 0. The van der Waals surface area contributed by atoms with Crippen molar-refractivity contribution >= 4 is 15.7 Å². The number of sulfonamides is 1. The van der Waals surface area contributed by atoms with Gasteiger partial charge >= 0.3 is 0 Å². The van der Waals surface area contributed by atoms with Crippen LogP contribution in [0.15, 0.2) is 72.8 Å². The summed E-state index contributed by atoms with van der Waals surface area (Å²) in [5, 5.41) is 23.6. The van der Waals surface area contributed by atoms with Gasteiger partial charge in [-0.2, -0.15) is 0 Å². The zero-order chi connectivity index (χ0) is 25.5. The molecule has 1 atom stereocenters. The minimum atomic E-state index is -3.53. The van der Waals surface area contributed by atoms with Gasteiger partial charge in [-0.1, -0.05) is 54.6 Å². The summed E-state index contributed by atoms with van der Waals surface area (Å²) < 4.78 is 30.7. The van der Waals surface area contributed by atoms with Crippen molar-refractivity contribution in [1.29, 1.82) is 0 Å². The lowest BCUT2D eigenvalue weighted by molar-refractivity contribution is 0.101. The molecular formula is C28H34N2O5S. The highest BCUT2D eigenvalue weighted by Crippen LogP contribution is 2.34. The van der Waals surface area contributed by atoms with E-state index >= 15 is 0 Å². The van der Waals surface area contributed by atoms with E-state index in [1.807, 2.05) is 6.07 Å². The molecule has 1 saturated carbocycles. The first kappa shape index (κ1) is 26.0. The summed E-state index contributed by atoms with van der Waals surface area (Å²) in [6.45, 7) is 0.465. The van der Waals surface area contributed by atoms with Crippen LogP contribution in [0.5, 0.6) is 11.5 Å². The van der Waals surface area contributed by atoms with E-state index in [-0.39, 0.29) is 18.0 Å². The average molecular weight is 511 g/mol. The maximum Gasteiger partial charge on any atom is 0.229 e. The Hall–Kier alpha value is -3.07. The van der Waals surface area contributed by atoms with Crippen LogP contribution in [0.4, 0.5) is 5.69 Å². The topological polar surface area (TPSA) is 108 Å². The molecule has 0 aromatic heterocycles. The summed E-state index contributed by atoms with van der Waals surface area (Å²) in [5.74, 6) is 0.722. The summed E-state index contributed by atoms with van der Waals surface area (Å²) in [7, 11) is -3.53. The molecule has 3 aromatic carbocycles. The van der Waals surface area contributed by atoms with E-state index in [1.54, 1.807) is 0 Å². The molecule has 0 amide bonds. The van der Waals surface area contributed by atoms with Gasteiger partial charge in [0.05, 0.1) is 11.9 Å². The predicted molar refractivity (Wildman–Crippen MR) is 143 cm³/mol. The lowest BCUT2D eigenvalue weighted by Gasteiger charge is -2.30. The van der Waals surface area contributed by atoms with Crippen molar-refractivity contribution in [3.8, 4) is 22.6 Å². The Balaban J connectivity index is 1.19. The fourth-order valence-electron chi connectivity index (χ4n) is 4.65. The van der Waals surface area contributed by atoms with Crippen LogP contribution in [0.2, 0.25) is 0 Å². The summed E-state index contributed by atoms with van der Waals surface area (Å²) >= 11 is 0. The van der Waals surface area contributed by atoms with E-state index < -0.39 is 16.1 Å². The number of benzene rings is 3. The molecule has 7 nitrogen and oxygen atoms in total. The number of phenolic OH excluding ortho intramolecular Hbond substituents is 1. The fourth-order valence-corrected chi connectivity index (χ4v) is 5.21. The zero-order valence-corrected chi connectivity index (χ0v) is 21.2. The third-order valence-corrected chi connectivity index (χ3v) is 7.16. The van der Waals surface area contributed by atoms with Crippen LogP contribution < -0.4 is 14.8 Å². The molecule has 0 bridgehead atoms. The van der Waals surface area contributed by atoms with Crippen LogP contribution in [-0.4, -0.2) is 50.2 Å². The number of rotatable bonds is 10.